The quantitative estimate of drug-likeness (QED) is 0.321. The number of carbonyl (C=O) groups excluding carboxylic acids is 2. The van der Waals surface area contributed by atoms with Crippen molar-refractivity contribution in [2.24, 2.45) is 0 Å². The number of hydrogen-bond acceptors (Lipinski definition) is 7. The van der Waals surface area contributed by atoms with E-state index in [1.165, 1.54) is 38.5 Å². The van der Waals surface area contributed by atoms with Gasteiger partial charge in [0, 0.05) is 17.7 Å². The van der Waals surface area contributed by atoms with Gasteiger partial charge in [-0.1, -0.05) is 12.1 Å². The summed E-state index contributed by atoms with van der Waals surface area (Å²) in [6, 6.07) is 10.7. The highest BCUT2D eigenvalue weighted by atomic mass is 16.6. The number of benzene rings is 2. The van der Waals surface area contributed by atoms with E-state index in [2.05, 4.69) is 5.32 Å². The molecule has 0 aliphatic carbocycles. The maximum absolute atomic E-state index is 11.9. The molecule has 0 fully saturated rings. The Kier molecular flexibility index (Phi) is 7.09. The Labute approximate surface area is 160 Å². The summed E-state index contributed by atoms with van der Waals surface area (Å²) in [7, 11) is 3.00. The summed E-state index contributed by atoms with van der Waals surface area (Å²) < 4.78 is 15.2. The smallest absolute Gasteiger partial charge is 0.331 e. The van der Waals surface area contributed by atoms with E-state index in [9.17, 15) is 19.7 Å². The first-order valence-corrected chi connectivity index (χ1v) is 8.04. The number of methoxy groups -OCH3 is 2. The van der Waals surface area contributed by atoms with Crippen LogP contribution in [-0.2, 0) is 14.3 Å². The van der Waals surface area contributed by atoms with E-state index >= 15 is 0 Å². The van der Waals surface area contributed by atoms with Crippen LogP contribution in [0.3, 0.4) is 0 Å². The highest BCUT2D eigenvalue weighted by Crippen LogP contribution is 2.25. The molecular formula is C19H18N2O7. The van der Waals surface area contributed by atoms with Gasteiger partial charge in [-0.2, -0.15) is 0 Å². The van der Waals surface area contributed by atoms with Gasteiger partial charge in [-0.3, -0.25) is 14.9 Å². The number of esters is 1. The number of carbonyl (C=O) groups is 2. The number of anilines is 1. The first-order valence-electron chi connectivity index (χ1n) is 8.04. The van der Waals surface area contributed by atoms with Gasteiger partial charge in [0.25, 0.3) is 11.6 Å². The summed E-state index contributed by atoms with van der Waals surface area (Å²) in [5, 5.41) is 13.3. The normalized spacial score (nSPS) is 10.4. The zero-order chi connectivity index (χ0) is 20.5. The molecule has 28 heavy (non-hydrogen) atoms. The molecule has 0 unspecified atom stereocenters. The van der Waals surface area contributed by atoms with Crippen LogP contribution in [0.4, 0.5) is 11.4 Å². The second-order valence-corrected chi connectivity index (χ2v) is 5.37. The van der Waals surface area contributed by atoms with Gasteiger partial charge in [-0.05, 0) is 30.3 Å². The van der Waals surface area contributed by atoms with Gasteiger partial charge in [-0.15, -0.1) is 0 Å². The van der Waals surface area contributed by atoms with Crippen LogP contribution in [0.15, 0.2) is 48.5 Å². The van der Waals surface area contributed by atoms with Crippen molar-refractivity contribution in [3.63, 3.8) is 0 Å². The van der Waals surface area contributed by atoms with Gasteiger partial charge < -0.3 is 19.5 Å². The summed E-state index contributed by atoms with van der Waals surface area (Å²) in [6.45, 7) is -0.593. The predicted octanol–water partition coefficient (Wildman–Crippen LogP) is 2.81. The van der Waals surface area contributed by atoms with Gasteiger partial charge in [0.05, 0.1) is 19.1 Å². The van der Waals surface area contributed by atoms with Crippen LogP contribution >= 0.6 is 0 Å². The Bertz CT molecular complexity index is 909. The third kappa shape index (κ3) is 5.56. The minimum Gasteiger partial charge on any atom is -0.497 e. The maximum Gasteiger partial charge on any atom is 0.331 e. The lowest BCUT2D eigenvalue weighted by Gasteiger charge is -2.07. The number of nitro benzene ring substituents is 1. The van der Waals surface area contributed by atoms with E-state index in [0.717, 1.165) is 6.08 Å². The second kappa shape index (κ2) is 9.72. The molecule has 146 valence electrons. The van der Waals surface area contributed by atoms with Crippen molar-refractivity contribution >= 4 is 29.3 Å². The molecule has 2 aromatic carbocycles. The van der Waals surface area contributed by atoms with Crippen LogP contribution in [0.1, 0.15) is 5.56 Å². The van der Waals surface area contributed by atoms with Crippen LogP contribution in [0, 0.1) is 10.1 Å². The van der Waals surface area contributed by atoms with Gasteiger partial charge in [-0.25, -0.2) is 4.79 Å². The number of nitrogens with zero attached hydrogens (tertiary/aromatic N) is 1. The zero-order valence-corrected chi connectivity index (χ0v) is 15.2. The van der Waals surface area contributed by atoms with E-state index in [1.807, 2.05) is 0 Å². The molecule has 0 bridgehead atoms. The molecular weight excluding hydrogens is 368 g/mol. The van der Waals surface area contributed by atoms with Gasteiger partial charge >= 0.3 is 5.97 Å². The fourth-order valence-electron chi connectivity index (χ4n) is 2.24. The number of para-hydroxylation sites is 2. The Morgan fingerprint density at radius 2 is 1.89 bits per heavy atom. The molecule has 0 saturated carbocycles. The molecule has 9 nitrogen and oxygen atoms in total. The fourth-order valence-corrected chi connectivity index (χ4v) is 2.24. The summed E-state index contributed by atoms with van der Waals surface area (Å²) in [4.78, 5) is 34.0. The molecule has 0 atom stereocenters. The standard InChI is InChI=1S/C19H18N2O7/c1-26-14-8-9-17(27-2)13(11-14)7-10-19(23)28-12-18(22)20-15-5-3-4-6-16(15)21(24)25/h3-11H,12H2,1-2H3,(H,20,22)/b10-7+. The van der Waals surface area contributed by atoms with Crippen molar-refractivity contribution in [3.8, 4) is 11.5 Å². The van der Waals surface area contributed by atoms with Crippen LogP contribution in [0.5, 0.6) is 11.5 Å². The van der Waals surface area contributed by atoms with E-state index < -0.39 is 23.4 Å². The summed E-state index contributed by atoms with van der Waals surface area (Å²) in [5.41, 5.74) is 0.348. The third-order valence-electron chi connectivity index (χ3n) is 3.56. The fraction of sp³-hybridized carbons (Fsp3) is 0.158. The zero-order valence-electron chi connectivity index (χ0n) is 15.2. The van der Waals surface area contributed by atoms with E-state index in [0.29, 0.717) is 17.1 Å². The topological polar surface area (TPSA) is 117 Å². The third-order valence-corrected chi connectivity index (χ3v) is 3.56. The van der Waals surface area contributed by atoms with Crippen molar-refractivity contribution in [1.82, 2.24) is 0 Å². The van der Waals surface area contributed by atoms with E-state index in [4.69, 9.17) is 14.2 Å². The Morgan fingerprint density at radius 1 is 1.14 bits per heavy atom. The molecule has 0 aliphatic rings. The number of ether oxygens (including phenoxy) is 3. The number of nitro groups is 1. The highest BCUT2D eigenvalue weighted by molar-refractivity contribution is 5.96. The van der Waals surface area contributed by atoms with Crippen molar-refractivity contribution in [3.05, 3.63) is 64.2 Å². The number of rotatable bonds is 8. The van der Waals surface area contributed by atoms with Gasteiger partial charge in [0.1, 0.15) is 17.2 Å². The molecule has 0 aliphatic heterocycles. The summed E-state index contributed by atoms with van der Waals surface area (Å²) >= 11 is 0. The minimum absolute atomic E-state index is 0.0187. The monoisotopic (exact) mass is 386 g/mol. The van der Waals surface area contributed by atoms with Crippen LogP contribution < -0.4 is 14.8 Å². The average Bonchev–Trinajstić information content (AvgIpc) is 2.70. The molecule has 0 aromatic heterocycles. The number of hydrogen-bond donors (Lipinski definition) is 1. The summed E-state index contributed by atoms with van der Waals surface area (Å²) in [5.74, 6) is -0.353. The lowest BCUT2D eigenvalue weighted by atomic mass is 10.1. The Hall–Kier alpha value is -3.88. The number of nitrogens with one attached hydrogen (secondary N) is 1. The molecule has 1 amide bonds. The van der Waals surface area contributed by atoms with Crippen molar-refractivity contribution in [1.29, 1.82) is 0 Å². The molecule has 1 N–H and O–H groups in total. The second-order valence-electron chi connectivity index (χ2n) is 5.37. The lowest BCUT2D eigenvalue weighted by Crippen LogP contribution is -2.20. The largest absolute Gasteiger partial charge is 0.497 e. The van der Waals surface area contributed by atoms with Gasteiger partial charge in [0.15, 0.2) is 6.61 Å². The first-order chi connectivity index (χ1) is 13.4. The molecule has 0 radical (unpaired) electrons. The molecule has 2 aromatic rings. The Balaban J connectivity index is 1.95. The van der Waals surface area contributed by atoms with Crippen molar-refractivity contribution < 1.29 is 28.7 Å². The first kappa shape index (κ1) is 20.4. The minimum atomic E-state index is -0.761. The van der Waals surface area contributed by atoms with Crippen LogP contribution in [0.25, 0.3) is 6.08 Å². The SMILES string of the molecule is COc1ccc(OC)c(/C=C/C(=O)OCC(=O)Nc2ccccc2[N+](=O)[O-])c1. The lowest BCUT2D eigenvalue weighted by molar-refractivity contribution is -0.383. The molecule has 0 heterocycles. The molecule has 2 rings (SSSR count). The summed E-state index contributed by atoms with van der Waals surface area (Å²) in [6.07, 6.45) is 2.60. The van der Waals surface area contributed by atoms with Crippen LogP contribution in [0.2, 0.25) is 0 Å². The van der Waals surface area contributed by atoms with Crippen LogP contribution in [-0.4, -0.2) is 37.6 Å². The maximum atomic E-state index is 11.9. The van der Waals surface area contributed by atoms with Crippen molar-refractivity contribution in [2.75, 3.05) is 26.1 Å². The molecule has 9 heteroatoms. The molecule has 0 saturated heterocycles. The highest BCUT2D eigenvalue weighted by Gasteiger charge is 2.15. The molecule has 0 spiro atoms. The Morgan fingerprint density at radius 3 is 2.57 bits per heavy atom. The van der Waals surface area contributed by atoms with E-state index in [1.54, 1.807) is 24.3 Å². The number of amides is 1. The van der Waals surface area contributed by atoms with Gasteiger partial charge in [0.2, 0.25) is 0 Å². The van der Waals surface area contributed by atoms with Crippen molar-refractivity contribution in [2.45, 2.75) is 0 Å². The van der Waals surface area contributed by atoms with E-state index in [-0.39, 0.29) is 11.4 Å². The predicted molar refractivity (Wildman–Crippen MR) is 101 cm³/mol. The average molecular weight is 386 g/mol.